The summed E-state index contributed by atoms with van der Waals surface area (Å²) in [6.45, 7) is 1.69. The van der Waals surface area contributed by atoms with E-state index in [2.05, 4.69) is 15.8 Å². The molecule has 2 amide bonds. The van der Waals surface area contributed by atoms with E-state index in [1.807, 2.05) is 30.3 Å². The molecule has 8 nitrogen and oxygen atoms in total. The Morgan fingerprint density at radius 1 is 0.966 bits per heavy atom. The Morgan fingerprint density at radius 2 is 1.62 bits per heavy atom. The first kappa shape index (κ1) is 19.6. The highest BCUT2D eigenvalue weighted by molar-refractivity contribution is 6.00. The van der Waals surface area contributed by atoms with Crippen molar-refractivity contribution in [1.82, 2.24) is 5.43 Å². The average Bonchev–Trinajstić information content (AvgIpc) is 2.74. The summed E-state index contributed by atoms with van der Waals surface area (Å²) in [6, 6.07) is 21.6. The topological polar surface area (TPSA) is 106 Å². The van der Waals surface area contributed by atoms with Crippen LogP contribution in [0.1, 0.15) is 12.5 Å². The smallest absolute Gasteiger partial charge is 0.339 e. The zero-order valence-electron chi connectivity index (χ0n) is 15.5. The predicted octanol–water partition coefficient (Wildman–Crippen LogP) is 4.93. The van der Waals surface area contributed by atoms with E-state index < -0.39 is 11.0 Å². The number of amides is 2. The van der Waals surface area contributed by atoms with Gasteiger partial charge in [0.25, 0.3) is 5.69 Å². The number of non-ortho nitro benzene ring substituents is 1. The number of hydrazone groups is 1. The van der Waals surface area contributed by atoms with Crippen LogP contribution in [-0.4, -0.2) is 16.7 Å². The number of carbonyl (C=O) groups is 1. The number of urea groups is 1. The lowest BCUT2D eigenvalue weighted by molar-refractivity contribution is -0.384. The van der Waals surface area contributed by atoms with Crippen molar-refractivity contribution in [2.24, 2.45) is 5.10 Å². The van der Waals surface area contributed by atoms with Crippen molar-refractivity contribution in [2.45, 2.75) is 6.92 Å². The molecule has 0 spiro atoms. The second-order valence-electron chi connectivity index (χ2n) is 5.98. The van der Waals surface area contributed by atoms with E-state index in [9.17, 15) is 14.9 Å². The highest BCUT2D eigenvalue weighted by atomic mass is 16.6. The molecule has 0 bridgehead atoms. The number of carbonyl (C=O) groups excluding carboxylic acids is 1. The number of nitrogens with zero attached hydrogens (tertiary/aromatic N) is 2. The third kappa shape index (κ3) is 5.39. The number of para-hydroxylation sites is 3. The Labute approximate surface area is 167 Å². The summed E-state index contributed by atoms with van der Waals surface area (Å²) in [7, 11) is 0. The van der Waals surface area contributed by atoms with Crippen LogP contribution in [0.5, 0.6) is 11.5 Å². The molecule has 0 aliphatic rings. The van der Waals surface area contributed by atoms with Crippen LogP contribution >= 0.6 is 0 Å². The molecule has 0 aliphatic carbocycles. The lowest BCUT2D eigenvalue weighted by Gasteiger charge is -2.12. The van der Waals surface area contributed by atoms with Gasteiger partial charge in [0.1, 0.15) is 5.75 Å². The predicted molar refractivity (Wildman–Crippen MR) is 110 cm³/mol. The Hall–Kier alpha value is -4.20. The van der Waals surface area contributed by atoms with Crippen LogP contribution in [0, 0.1) is 10.1 Å². The largest absolute Gasteiger partial charge is 0.455 e. The number of nitrogens with one attached hydrogen (secondary N) is 2. The molecular weight excluding hydrogens is 372 g/mol. The lowest BCUT2D eigenvalue weighted by atomic mass is 10.1. The van der Waals surface area contributed by atoms with Crippen LogP contribution in [0.25, 0.3) is 0 Å². The van der Waals surface area contributed by atoms with E-state index in [0.29, 0.717) is 28.5 Å². The maximum Gasteiger partial charge on any atom is 0.339 e. The van der Waals surface area contributed by atoms with E-state index in [0.717, 1.165) is 0 Å². The molecule has 0 atom stereocenters. The Kier molecular flexibility index (Phi) is 6.16. The number of nitro benzene ring substituents is 1. The number of hydrogen-bond acceptors (Lipinski definition) is 5. The van der Waals surface area contributed by atoms with Gasteiger partial charge >= 0.3 is 6.03 Å². The van der Waals surface area contributed by atoms with E-state index in [1.165, 1.54) is 12.1 Å². The van der Waals surface area contributed by atoms with Crippen LogP contribution in [-0.2, 0) is 0 Å². The van der Waals surface area contributed by atoms with Gasteiger partial charge in [-0.3, -0.25) is 10.1 Å². The fourth-order valence-electron chi connectivity index (χ4n) is 2.45. The minimum atomic E-state index is -0.546. The van der Waals surface area contributed by atoms with E-state index in [4.69, 9.17) is 4.74 Å². The zero-order valence-corrected chi connectivity index (χ0v) is 15.5. The van der Waals surface area contributed by atoms with Crippen molar-refractivity contribution in [3.63, 3.8) is 0 Å². The van der Waals surface area contributed by atoms with Crippen molar-refractivity contribution in [3.05, 3.63) is 94.5 Å². The van der Waals surface area contributed by atoms with Gasteiger partial charge in [0, 0.05) is 12.1 Å². The van der Waals surface area contributed by atoms with E-state index in [1.54, 1.807) is 43.3 Å². The second-order valence-corrected chi connectivity index (χ2v) is 5.98. The Balaban J connectivity index is 1.65. The van der Waals surface area contributed by atoms with Crippen LogP contribution < -0.4 is 15.5 Å². The summed E-state index contributed by atoms with van der Waals surface area (Å²) in [6.07, 6.45) is 0. The van der Waals surface area contributed by atoms with Gasteiger partial charge in [-0.05, 0) is 48.9 Å². The highest BCUT2D eigenvalue weighted by Gasteiger charge is 2.09. The molecule has 2 N–H and O–H groups in total. The van der Waals surface area contributed by atoms with Gasteiger partial charge in [0.15, 0.2) is 5.75 Å². The molecule has 0 radical (unpaired) electrons. The molecule has 0 saturated heterocycles. The first-order chi connectivity index (χ1) is 14.0. The summed E-state index contributed by atoms with van der Waals surface area (Å²) in [4.78, 5) is 22.5. The summed E-state index contributed by atoms with van der Waals surface area (Å²) in [5, 5.41) is 17.4. The number of hydrogen-bond donors (Lipinski definition) is 2. The fraction of sp³-hybridized carbons (Fsp3) is 0.0476. The molecule has 0 unspecified atom stereocenters. The maximum atomic E-state index is 12.2. The van der Waals surface area contributed by atoms with Gasteiger partial charge in [0.05, 0.1) is 16.3 Å². The summed E-state index contributed by atoms with van der Waals surface area (Å²) in [5.74, 6) is 1.14. The third-order valence-electron chi connectivity index (χ3n) is 3.93. The van der Waals surface area contributed by atoms with Gasteiger partial charge in [-0.2, -0.15) is 5.10 Å². The molecule has 3 aromatic carbocycles. The molecule has 8 heteroatoms. The molecule has 3 rings (SSSR count). The maximum absolute atomic E-state index is 12.2. The van der Waals surface area contributed by atoms with Crippen LogP contribution in [0.15, 0.2) is 84.0 Å². The average molecular weight is 390 g/mol. The number of ether oxygens (including phenoxy) is 1. The van der Waals surface area contributed by atoms with Crippen LogP contribution in [0.3, 0.4) is 0 Å². The quantitative estimate of drug-likeness (QED) is 0.353. The SMILES string of the molecule is C/C(=N\NC(=O)Nc1ccccc1Oc1ccccc1)c1ccc([N+](=O)[O-])cc1. The van der Waals surface area contributed by atoms with Gasteiger partial charge in [-0.25, -0.2) is 10.2 Å². The van der Waals surface area contributed by atoms with Gasteiger partial charge in [-0.1, -0.05) is 30.3 Å². The first-order valence-electron chi connectivity index (χ1n) is 8.71. The van der Waals surface area contributed by atoms with Crippen LogP contribution in [0.2, 0.25) is 0 Å². The van der Waals surface area contributed by atoms with Gasteiger partial charge in [-0.15, -0.1) is 0 Å². The van der Waals surface area contributed by atoms with Gasteiger partial charge < -0.3 is 10.1 Å². The lowest BCUT2D eigenvalue weighted by Crippen LogP contribution is -2.25. The highest BCUT2D eigenvalue weighted by Crippen LogP contribution is 2.28. The molecule has 0 saturated carbocycles. The molecule has 0 aliphatic heterocycles. The first-order valence-corrected chi connectivity index (χ1v) is 8.71. The molecule has 3 aromatic rings. The Morgan fingerprint density at radius 3 is 2.31 bits per heavy atom. The second kappa shape index (κ2) is 9.14. The minimum Gasteiger partial charge on any atom is -0.455 e. The molecule has 0 aromatic heterocycles. The normalized spacial score (nSPS) is 10.9. The third-order valence-corrected chi connectivity index (χ3v) is 3.93. The van der Waals surface area contributed by atoms with Crippen LogP contribution in [0.4, 0.5) is 16.2 Å². The standard InChI is InChI=1S/C21H18N4O4/c1-15(16-11-13-17(14-12-16)25(27)28)23-24-21(26)22-19-9-5-6-10-20(19)29-18-7-3-2-4-8-18/h2-14H,1H3,(H2,22,24,26)/b23-15+. The molecule has 0 heterocycles. The molecule has 146 valence electrons. The van der Waals surface area contributed by atoms with E-state index in [-0.39, 0.29) is 5.69 Å². The number of anilines is 1. The molecular formula is C21H18N4O4. The zero-order chi connectivity index (χ0) is 20.6. The molecule has 29 heavy (non-hydrogen) atoms. The van der Waals surface area contributed by atoms with E-state index >= 15 is 0 Å². The van der Waals surface area contributed by atoms with Crippen molar-refractivity contribution < 1.29 is 14.5 Å². The summed E-state index contributed by atoms with van der Waals surface area (Å²) in [5.41, 5.74) is 4.04. The number of benzene rings is 3. The number of nitro groups is 1. The minimum absolute atomic E-state index is 0.0118. The molecule has 0 fully saturated rings. The summed E-state index contributed by atoms with van der Waals surface area (Å²) < 4.78 is 5.80. The van der Waals surface area contributed by atoms with Crippen molar-refractivity contribution >= 4 is 23.1 Å². The van der Waals surface area contributed by atoms with Crippen molar-refractivity contribution in [3.8, 4) is 11.5 Å². The van der Waals surface area contributed by atoms with Gasteiger partial charge in [0.2, 0.25) is 0 Å². The van der Waals surface area contributed by atoms with Crippen molar-refractivity contribution in [1.29, 1.82) is 0 Å². The number of rotatable bonds is 6. The van der Waals surface area contributed by atoms with Crippen molar-refractivity contribution in [2.75, 3.05) is 5.32 Å². The monoisotopic (exact) mass is 390 g/mol. The fourth-order valence-corrected chi connectivity index (χ4v) is 2.45. The Bertz CT molecular complexity index is 1030. The summed E-state index contributed by atoms with van der Waals surface area (Å²) >= 11 is 0.